The molecule has 1 amide bonds. The number of thiophene rings is 1. The van der Waals surface area contributed by atoms with Crippen LogP contribution < -0.4 is 5.32 Å². The van der Waals surface area contributed by atoms with Crippen molar-refractivity contribution in [1.82, 2.24) is 0 Å². The van der Waals surface area contributed by atoms with Crippen molar-refractivity contribution in [3.05, 3.63) is 57.8 Å². The van der Waals surface area contributed by atoms with Crippen LogP contribution in [0.3, 0.4) is 0 Å². The molecule has 114 valence electrons. The highest BCUT2D eigenvalue weighted by atomic mass is 32.1. The molecule has 0 unspecified atom stereocenters. The molecule has 0 bridgehead atoms. The molecular formula is C17H17NO3S. The Morgan fingerprint density at radius 3 is 2.77 bits per heavy atom. The highest BCUT2D eigenvalue weighted by molar-refractivity contribution is 7.11. The Labute approximate surface area is 133 Å². The Morgan fingerprint density at radius 2 is 2.09 bits per heavy atom. The van der Waals surface area contributed by atoms with Gasteiger partial charge in [0.25, 0.3) is 5.91 Å². The Morgan fingerprint density at radius 1 is 1.27 bits per heavy atom. The fourth-order valence-electron chi connectivity index (χ4n) is 1.80. The lowest BCUT2D eigenvalue weighted by molar-refractivity contribution is -0.142. The van der Waals surface area contributed by atoms with E-state index in [9.17, 15) is 9.59 Å². The number of esters is 1. The van der Waals surface area contributed by atoms with Gasteiger partial charge < -0.3 is 10.1 Å². The second kappa shape index (κ2) is 7.56. The summed E-state index contributed by atoms with van der Waals surface area (Å²) in [7, 11) is 0. The molecule has 0 atom stereocenters. The SMILES string of the molecule is Cc1cccc(NC(=O)COC(=O)/C=C/c2sccc2C)c1. The fourth-order valence-corrected chi connectivity index (χ4v) is 2.62. The van der Waals surface area contributed by atoms with Gasteiger partial charge in [0.1, 0.15) is 0 Å². The monoisotopic (exact) mass is 315 g/mol. The van der Waals surface area contributed by atoms with Crippen molar-refractivity contribution in [2.24, 2.45) is 0 Å². The van der Waals surface area contributed by atoms with Gasteiger partial charge in [-0.25, -0.2) is 4.79 Å². The highest BCUT2D eigenvalue weighted by Crippen LogP contribution is 2.17. The number of ether oxygens (including phenoxy) is 1. The molecule has 0 saturated heterocycles. The molecule has 0 fully saturated rings. The van der Waals surface area contributed by atoms with Gasteiger partial charge in [-0.2, -0.15) is 0 Å². The third-order valence-electron chi connectivity index (χ3n) is 2.92. The molecule has 0 radical (unpaired) electrons. The maximum atomic E-state index is 11.7. The van der Waals surface area contributed by atoms with E-state index in [2.05, 4.69) is 5.32 Å². The van der Waals surface area contributed by atoms with Crippen LogP contribution >= 0.6 is 11.3 Å². The third kappa shape index (κ3) is 4.86. The van der Waals surface area contributed by atoms with E-state index in [0.29, 0.717) is 5.69 Å². The van der Waals surface area contributed by atoms with E-state index in [1.165, 1.54) is 6.08 Å². The van der Waals surface area contributed by atoms with Crippen LogP contribution in [-0.2, 0) is 14.3 Å². The largest absolute Gasteiger partial charge is 0.452 e. The fraction of sp³-hybridized carbons (Fsp3) is 0.176. The number of aryl methyl sites for hydroxylation is 2. The summed E-state index contributed by atoms with van der Waals surface area (Å²) >= 11 is 1.55. The Kier molecular flexibility index (Phi) is 5.49. The number of hydrogen-bond acceptors (Lipinski definition) is 4. The van der Waals surface area contributed by atoms with Crippen LogP contribution in [0, 0.1) is 13.8 Å². The summed E-state index contributed by atoms with van der Waals surface area (Å²) in [4.78, 5) is 24.3. The first-order valence-corrected chi connectivity index (χ1v) is 7.68. The standard InChI is InChI=1S/C17H17NO3S/c1-12-4-3-5-14(10-12)18-16(19)11-21-17(20)7-6-15-13(2)8-9-22-15/h3-10H,11H2,1-2H3,(H,18,19)/b7-6+. The number of hydrogen-bond donors (Lipinski definition) is 1. The van der Waals surface area contributed by atoms with Crippen molar-refractivity contribution in [1.29, 1.82) is 0 Å². The Balaban J connectivity index is 1.80. The van der Waals surface area contributed by atoms with E-state index in [1.807, 2.05) is 43.5 Å². The van der Waals surface area contributed by atoms with Gasteiger partial charge in [0.05, 0.1) is 0 Å². The number of carbonyl (C=O) groups is 2. The van der Waals surface area contributed by atoms with Crippen LogP contribution in [0.2, 0.25) is 0 Å². The summed E-state index contributed by atoms with van der Waals surface area (Å²) in [5.74, 6) is -0.896. The predicted octanol–water partition coefficient (Wildman–Crippen LogP) is 3.56. The minimum absolute atomic E-state index is 0.305. The maximum absolute atomic E-state index is 11.7. The highest BCUT2D eigenvalue weighted by Gasteiger charge is 2.06. The molecule has 0 aliphatic carbocycles. The van der Waals surface area contributed by atoms with Gasteiger partial charge in [0.15, 0.2) is 6.61 Å². The smallest absolute Gasteiger partial charge is 0.331 e. The predicted molar refractivity (Wildman–Crippen MR) is 88.9 cm³/mol. The molecule has 1 N–H and O–H groups in total. The molecular weight excluding hydrogens is 298 g/mol. The summed E-state index contributed by atoms with van der Waals surface area (Å²) in [6, 6.07) is 9.40. The number of amides is 1. The van der Waals surface area contributed by atoms with Crippen molar-refractivity contribution in [3.8, 4) is 0 Å². The van der Waals surface area contributed by atoms with Crippen LogP contribution in [0.5, 0.6) is 0 Å². The lowest BCUT2D eigenvalue weighted by Gasteiger charge is -2.05. The quantitative estimate of drug-likeness (QED) is 0.678. The lowest BCUT2D eigenvalue weighted by atomic mass is 10.2. The molecule has 1 aromatic carbocycles. The first-order valence-electron chi connectivity index (χ1n) is 6.80. The molecule has 4 nitrogen and oxygen atoms in total. The molecule has 0 aliphatic heterocycles. The van der Waals surface area contributed by atoms with Crippen molar-refractivity contribution in [2.75, 3.05) is 11.9 Å². The number of rotatable bonds is 5. The second-order valence-corrected chi connectivity index (χ2v) is 5.77. The summed E-state index contributed by atoms with van der Waals surface area (Å²) in [5.41, 5.74) is 2.83. The van der Waals surface area contributed by atoms with Crippen LogP contribution in [0.15, 0.2) is 41.8 Å². The molecule has 0 spiro atoms. The zero-order chi connectivity index (χ0) is 15.9. The maximum Gasteiger partial charge on any atom is 0.331 e. The number of carbonyl (C=O) groups excluding carboxylic acids is 2. The van der Waals surface area contributed by atoms with Crippen molar-refractivity contribution in [3.63, 3.8) is 0 Å². The van der Waals surface area contributed by atoms with Gasteiger partial charge in [-0.1, -0.05) is 12.1 Å². The molecule has 22 heavy (non-hydrogen) atoms. The van der Waals surface area contributed by atoms with E-state index < -0.39 is 5.97 Å². The number of nitrogens with one attached hydrogen (secondary N) is 1. The van der Waals surface area contributed by atoms with E-state index >= 15 is 0 Å². The van der Waals surface area contributed by atoms with E-state index in [-0.39, 0.29) is 12.5 Å². The minimum atomic E-state index is -0.535. The molecule has 1 heterocycles. The molecule has 2 aromatic rings. The van der Waals surface area contributed by atoms with Crippen LogP contribution in [-0.4, -0.2) is 18.5 Å². The average Bonchev–Trinajstić information content (AvgIpc) is 2.88. The van der Waals surface area contributed by atoms with E-state index in [4.69, 9.17) is 4.74 Å². The van der Waals surface area contributed by atoms with Gasteiger partial charge >= 0.3 is 5.97 Å². The summed E-state index contributed by atoms with van der Waals surface area (Å²) in [6.45, 7) is 3.60. The van der Waals surface area contributed by atoms with Gasteiger partial charge in [-0.15, -0.1) is 11.3 Å². The minimum Gasteiger partial charge on any atom is -0.452 e. The molecule has 5 heteroatoms. The molecule has 0 aliphatic rings. The summed E-state index contributed by atoms with van der Waals surface area (Å²) < 4.78 is 4.91. The number of anilines is 1. The van der Waals surface area contributed by atoms with Crippen molar-refractivity contribution < 1.29 is 14.3 Å². The van der Waals surface area contributed by atoms with Crippen LogP contribution in [0.4, 0.5) is 5.69 Å². The zero-order valence-corrected chi connectivity index (χ0v) is 13.3. The molecule has 2 rings (SSSR count). The second-order valence-electron chi connectivity index (χ2n) is 4.83. The zero-order valence-electron chi connectivity index (χ0n) is 12.5. The van der Waals surface area contributed by atoms with Gasteiger partial charge in [-0.3, -0.25) is 4.79 Å². The molecule has 0 saturated carbocycles. The average molecular weight is 315 g/mol. The first kappa shape index (κ1) is 16.0. The topological polar surface area (TPSA) is 55.4 Å². The van der Waals surface area contributed by atoms with E-state index in [1.54, 1.807) is 23.5 Å². The van der Waals surface area contributed by atoms with Gasteiger partial charge in [-0.05, 0) is 54.6 Å². The lowest BCUT2D eigenvalue weighted by Crippen LogP contribution is -2.20. The van der Waals surface area contributed by atoms with E-state index in [0.717, 1.165) is 16.0 Å². The number of benzene rings is 1. The molecule has 1 aromatic heterocycles. The van der Waals surface area contributed by atoms with Gasteiger partial charge in [0.2, 0.25) is 0 Å². The van der Waals surface area contributed by atoms with Crippen molar-refractivity contribution >= 4 is 35.0 Å². The normalized spacial score (nSPS) is 10.6. The Bertz CT molecular complexity index is 703. The van der Waals surface area contributed by atoms with Crippen LogP contribution in [0.25, 0.3) is 6.08 Å². The summed E-state index contributed by atoms with van der Waals surface area (Å²) in [5, 5.41) is 4.63. The third-order valence-corrected chi connectivity index (χ3v) is 3.90. The first-order chi connectivity index (χ1) is 10.5. The van der Waals surface area contributed by atoms with Crippen molar-refractivity contribution in [2.45, 2.75) is 13.8 Å². The Hall–Kier alpha value is -2.40. The van der Waals surface area contributed by atoms with Crippen LogP contribution in [0.1, 0.15) is 16.0 Å². The summed E-state index contributed by atoms with van der Waals surface area (Å²) in [6.07, 6.45) is 3.03. The van der Waals surface area contributed by atoms with Gasteiger partial charge in [0, 0.05) is 16.6 Å².